The van der Waals surface area contributed by atoms with Crippen molar-refractivity contribution in [3.63, 3.8) is 0 Å². The molecule has 1 aliphatic heterocycles. The molecule has 4 heteroatoms. The Morgan fingerprint density at radius 1 is 1.53 bits per heavy atom. The number of methoxy groups -OCH3 is 1. The van der Waals surface area contributed by atoms with Gasteiger partial charge in [0.1, 0.15) is 0 Å². The van der Waals surface area contributed by atoms with Crippen LogP contribution in [-0.4, -0.2) is 19.1 Å². The maximum atomic E-state index is 13.7. The number of ether oxygens (including phenoxy) is 1. The molecular weight excluding hydrogens is 221 g/mol. The molecule has 1 aromatic rings. The number of carbonyl (C=O) groups excluding carboxylic acids is 1. The smallest absolute Gasteiger partial charge is 0.221 e. The van der Waals surface area contributed by atoms with Crippen LogP contribution in [0, 0.1) is 5.82 Å². The van der Waals surface area contributed by atoms with Gasteiger partial charge in [-0.05, 0) is 24.6 Å². The van der Waals surface area contributed by atoms with E-state index in [0.717, 1.165) is 5.56 Å². The Morgan fingerprint density at radius 3 is 2.71 bits per heavy atom. The molecule has 1 saturated heterocycles. The zero-order chi connectivity index (χ0) is 12.6. The molecule has 0 aromatic heterocycles. The van der Waals surface area contributed by atoms with Gasteiger partial charge in [-0.25, -0.2) is 4.39 Å². The van der Waals surface area contributed by atoms with Gasteiger partial charge in [-0.15, -0.1) is 0 Å². The van der Waals surface area contributed by atoms with Crippen LogP contribution < -0.4 is 10.1 Å². The number of rotatable bonds is 2. The van der Waals surface area contributed by atoms with Crippen molar-refractivity contribution in [2.45, 2.75) is 31.7 Å². The monoisotopic (exact) mass is 237 g/mol. The lowest BCUT2D eigenvalue weighted by Crippen LogP contribution is -2.35. The molecule has 2 unspecified atom stereocenters. The maximum Gasteiger partial charge on any atom is 0.221 e. The van der Waals surface area contributed by atoms with Crippen LogP contribution in [0.1, 0.15) is 25.8 Å². The average molecular weight is 237 g/mol. The number of benzene rings is 1. The largest absolute Gasteiger partial charge is 0.494 e. The highest BCUT2D eigenvalue weighted by Crippen LogP contribution is 2.36. The summed E-state index contributed by atoms with van der Waals surface area (Å²) in [5.74, 6) is -0.156. The van der Waals surface area contributed by atoms with Gasteiger partial charge in [0.25, 0.3) is 0 Å². The Bertz CT molecular complexity index is 461. The number of halogens is 1. The molecular formula is C13H16FNO2. The summed E-state index contributed by atoms with van der Waals surface area (Å²) >= 11 is 0. The summed E-state index contributed by atoms with van der Waals surface area (Å²) in [5, 5.41) is 2.86. The first-order valence-corrected chi connectivity index (χ1v) is 5.61. The third-order valence-electron chi connectivity index (χ3n) is 3.67. The standard InChI is InChI=1S/C13H16FNO2/c1-8-13(2,7-12(16)15-8)9-4-5-11(17-3)10(14)6-9/h4-6,8H,7H2,1-3H3,(H,15,16). The molecule has 0 aliphatic carbocycles. The lowest BCUT2D eigenvalue weighted by atomic mass is 9.76. The van der Waals surface area contributed by atoms with Gasteiger partial charge in [-0.2, -0.15) is 0 Å². The van der Waals surface area contributed by atoms with Crippen LogP contribution >= 0.6 is 0 Å². The Hall–Kier alpha value is -1.58. The number of amides is 1. The Labute approximate surface area is 100.0 Å². The summed E-state index contributed by atoms with van der Waals surface area (Å²) in [6.07, 6.45) is 0.389. The molecule has 1 amide bonds. The summed E-state index contributed by atoms with van der Waals surface area (Å²) in [6, 6.07) is 4.88. The first kappa shape index (κ1) is 11.9. The minimum absolute atomic E-state index is 0.00259. The van der Waals surface area contributed by atoms with Gasteiger partial charge < -0.3 is 10.1 Å². The predicted octanol–water partition coefficient (Wildman–Crippen LogP) is 2.00. The van der Waals surface area contributed by atoms with Crippen molar-refractivity contribution in [1.29, 1.82) is 0 Å². The lowest BCUT2D eigenvalue weighted by Gasteiger charge is -2.28. The number of carbonyl (C=O) groups is 1. The molecule has 1 fully saturated rings. The third-order valence-corrected chi connectivity index (χ3v) is 3.67. The molecule has 0 spiro atoms. The van der Waals surface area contributed by atoms with Crippen molar-refractivity contribution in [3.8, 4) is 5.75 Å². The molecule has 1 heterocycles. The molecule has 0 saturated carbocycles. The second-order valence-electron chi connectivity index (χ2n) is 4.73. The van der Waals surface area contributed by atoms with E-state index in [1.807, 2.05) is 19.9 Å². The summed E-state index contributed by atoms with van der Waals surface area (Å²) < 4.78 is 18.6. The van der Waals surface area contributed by atoms with Crippen molar-refractivity contribution in [3.05, 3.63) is 29.6 Å². The summed E-state index contributed by atoms with van der Waals surface area (Å²) in [6.45, 7) is 3.91. The first-order chi connectivity index (χ1) is 7.97. The fourth-order valence-electron chi connectivity index (χ4n) is 2.31. The highest BCUT2D eigenvalue weighted by Gasteiger charge is 2.42. The molecule has 1 aromatic carbocycles. The molecule has 92 valence electrons. The van der Waals surface area contributed by atoms with Crippen molar-refractivity contribution in [1.82, 2.24) is 5.32 Å². The normalized spacial score (nSPS) is 28.0. The second-order valence-corrected chi connectivity index (χ2v) is 4.73. The highest BCUT2D eigenvalue weighted by molar-refractivity contribution is 5.81. The number of nitrogens with one attached hydrogen (secondary N) is 1. The van der Waals surface area contributed by atoms with Gasteiger partial charge in [0.15, 0.2) is 11.6 Å². The van der Waals surface area contributed by atoms with E-state index in [1.165, 1.54) is 13.2 Å². The third kappa shape index (κ3) is 1.88. The van der Waals surface area contributed by atoms with Crippen molar-refractivity contribution in [2.75, 3.05) is 7.11 Å². The van der Waals surface area contributed by atoms with E-state index in [-0.39, 0.29) is 23.1 Å². The van der Waals surface area contributed by atoms with Crippen molar-refractivity contribution < 1.29 is 13.9 Å². The van der Waals surface area contributed by atoms with E-state index in [0.29, 0.717) is 6.42 Å². The quantitative estimate of drug-likeness (QED) is 0.854. The van der Waals surface area contributed by atoms with E-state index in [4.69, 9.17) is 4.74 Å². The van der Waals surface area contributed by atoms with E-state index >= 15 is 0 Å². The van der Waals surface area contributed by atoms with E-state index in [2.05, 4.69) is 5.32 Å². The van der Waals surface area contributed by atoms with E-state index in [9.17, 15) is 9.18 Å². The lowest BCUT2D eigenvalue weighted by molar-refractivity contribution is -0.119. The molecule has 0 bridgehead atoms. The summed E-state index contributed by atoms with van der Waals surface area (Å²) in [7, 11) is 1.43. The Kier molecular flexibility index (Phi) is 2.81. The summed E-state index contributed by atoms with van der Waals surface area (Å²) in [4.78, 5) is 11.4. The van der Waals surface area contributed by atoms with Gasteiger partial charge >= 0.3 is 0 Å². The molecule has 1 N–H and O–H groups in total. The fraction of sp³-hybridized carbons (Fsp3) is 0.462. The Morgan fingerprint density at radius 2 is 2.24 bits per heavy atom. The average Bonchev–Trinajstić information content (AvgIpc) is 2.53. The molecule has 0 radical (unpaired) electrons. The zero-order valence-electron chi connectivity index (χ0n) is 10.2. The molecule has 1 aliphatic rings. The molecule has 2 rings (SSSR count). The van der Waals surface area contributed by atoms with Crippen LogP contribution in [0.3, 0.4) is 0 Å². The predicted molar refractivity (Wildman–Crippen MR) is 62.5 cm³/mol. The van der Waals surface area contributed by atoms with Crippen molar-refractivity contribution >= 4 is 5.91 Å². The van der Waals surface area contributed by atoms with Crippen LogP contribution in [0.4, 0.5) is 4.39 Å². The molecule has 3 nitrogen and oxygen atoms in total. The minimum Gasteiger partial charge on any atom is -0.494 e. The van der Waals surface area contributed by atoms with Gasteiger partial charge in [0, 0.05) is 17.9 Å². The van der Waals surface area contributed by atoms with Crippen LogP contribution in [0.25, 0.3) is 0 Å². The van der Waals surface area contributed by atoms with Gasteiger partial charge in [-0.3, -0.25) is 4.79 Å². The van der Waals surface area contributed by atoms with Crippen LogP contribution in [0.5, 0.6) is 5.75 Å². The molecule has 17 heavy (non-hydrogen) atoms. The number of hydrogen-bond acceptors (Lipinski definition) is 2. The van der Waals surface area contributed by atoms with E-state index in [1.54, 1.807) is 6.07 Å². The maximum absolute atomic E-state index is 13.7. The SMILES string of the molecule is COc1ccc(C2(C)CC(=O)NC2C)cc1F. The van der Waals surface area contributed by atoms with Gasteiger partial charge in [0.2, 0.25) is 5.91 Å². The highest BCUT2D eigenvalue weighted by atomic mass is 19.1. The van der Waals surface area contributed by atoms with Crippen LogP contribution in [0.2, 0.25) is 0 Å². The second kappa shape index (κ2) is 4.02. The van der Waals surface area contributed by atoms with Crippen LogP contribution in [-0.2, 0) is 10.2 Å². The fourth-order valence-corrected chi connectivity index (χ4v) is 2.31. The molecule has 2 atom stereocenters. The zero-order valence-corrected chi connectivity index (χ0v) is 10.2. The van der Waals surface area contributed by atoms with Gasteiger partial charge in [-0.1, -0.05) is 13.0 Å². The number of hydrogen-bond donors (Lipinski definition) is 1. The minimum atomic E-state index is -0.391. The first-order valence-electron chi connectivity index (χ1n) is 5.61. The topological polar surface area (TPSA) is 38.3 Å². The van der Waals surface area contributed by atoms with Crippen LogP contribution in [0.15, 0.2) is 18.2 Å². The summed E-state index contributed by atoms with van der Waals surface area (Å²) in [5.41, 5.74) is 0.464. The van der Waals surface area contributed by atoms with Gasteiger partial charge in [0.05, 0.1) is 7.11 Å². The Balaban J connectivity index is 2.40. The van der Waals surface area contributed by atoms with Crippen molar-refractivity contribution in [2.24, 2.45) is 0 Å². The van der Waals surface area contributed by atoms with E-state index < -0.39 is 5.82 Å².